The van der Waals surface area contributed by atoms with Crippen LogP contribution in [0, 0.1) is 64.6 Å². The highest BCUT2D eigenvalue weighted by atomic mass is 32.2. The molecule has 9 atom stereocenters. The van der Waals surface area contributed by atoms with Crippen LogP contribution in [0.15, 0.2) is 22.3 Å². The lowest BCUT2D eigenvalue weighted by Gasteiger charge is -2.54. The Morgan fingerprint density at radius 2 is 1.70 bits per heavy atom. The Hall–Kier alpha value is -2.53. The zero-order valence-electron chi connectivity index (χ0n) is 25.0. The molecule has 7 fully saturated rings. The van der Waals surface area contributed by atoms with Gasteiger partial charge < -0.3 is 14.2 Å². The maximum atomic E-state index is 14.0. The van der Waals surface area contributed by atoms with Crippen molar-refractivity contribution in [1.82, 2.24) is 0 Å². The number of ketones is 1. The van der Waals surface area contributed by atoms with Crippen LogP contribution in [0.3, 0.4) is 0 Å². The van der Waals surface area contributed by atoms with Gasteiger partial charge in [0.25, 0.3) is 10.1 Å². The van der Waals surface area contributed by atoms with Crippen molar-refractivity contribution in [2.75, 3.05) is 0 Å². The lowest BCUT2D eigenvalue weighted by atomic mass is 9.49. The summed E-state index contributed by atoms with van der Waals surface area (Å²) in [5, 5.41) is 0. The summed E-state index contributed by atoms with van der Waals surface area (Å²) >= 11 is 0. The summed E-state index contributed by atoms with van der Waals surface area (Å²) in [5.74, 6) is -3.59. The quantitative estimate of drug-likeness (QED) is 0.253. The molecule has 1 heterocycles. The van der Waals surface area contributed by atoms with Gasteiger partial charge in [-0.1, -0.05) is 27.7 Å². The monoisotopic (exact) mass is 616 g/mol. The van der Waals surface area contributed by atoms with E-state index in [2.05, 4.69) is 0 Å². The van der Waals surface area contributed by atoms with Gasteiger partial charge in [-0.25, -0.2) is 0 Å². The van der Waals surface area contributed by atoms with Crippen LogP contribution in [0.5, 0.6) is 0 Å². The van der Waals surface area contributed by atoms with E-state index in [0.717, 1.165) is 12.8 Å². The van der Waals surface area contributed by atoms with Crippen molar-refractivity contribution in [1.29, 1.82) is 0 Å². The number of esters is 3. The number of carbonyl (C=O) groups excluding carboxylic acids is 4. The summed E-state index contributed by atoms with van der Waals surface area (Å²) in [6.45, 7) is 7.50. The Balaban J connectivity index is 1.16. The van der Waals surface area contributed by atoms with Crippen LogP contribution in [0.25, 0.3) is 0 Å². The highest BCUT2D eigenvalue weighted by Gasteiger charge is 2.71. The van der Waals surface area contributed by atoms with E-state index < -0.39 is 63.4 Å². The summed E-state index contributed by atoms with van der Waals surface area (Å²) < 4.78 is 52.0. The van der Waals surface area contributed by atoms with Gasteiger partial charge in [-0.05, 0) is 74.3 Å². The second-order valence-electron chi connectivity index (χ2n) is 14.9. The van der Waals surface area contributed by atoms with E-state index in [0.29, 0.717) is 42.9 Å². The third kappa shape index (κ3) is 4.38. The highest BCUT2D eigenvalue weighted by Crippen LogP contribution is 2.62. The number of allylic oxidation sites excluding steroid dienone is 4. The van der Waals surface area contributed by atoms with Crippen LogP contribution < -0.4 is 0 Å². The first-order valence-corrected chi connectivity index (χ1v) is 17.2. The van der Waals surface area contributed by atoms with Crippen molar-refractivity contribution in [3.05, 3.63) is 22.3 Å². The zero-order chi connectivity index (χ0) is 30.7. The summed E-state index contributed by atoms with van der Waals surface area (Å²) in [6.07, 6.45) is 3.99. The van der Waals surface area contributed by atoms with Gasteiger partial charge in [0.05, 0.1) is 22.2 Å². The van der Waals surface area contributed by atoms with Crippen molar-refractivity contribution in [3.8, 4) is 0 Å². The number of rotatable bonds is 7. The molecule has 234 valence electrons. The minimum Gasteiger partial charge on any atom is -0.458 e. The summed E-state index contributed by atoms with van der Waals surface area (Å²) in [5.41, 5.74) is -0.175. The van der Waals surface area contributed by atoms with Crippen molar-refractivity contribution < 1.29 is 46.4 Å². The second kappa shape index (κ2) is 9.73. The fourth-order valence-corrected chi connectivity index (χ4v) is 10.7. The Morgan fingerprint density at radius 1 is 1.02 bits per heavy atom. The SMILES string of the molecule is CC(C)C1=C(OC(=O)C2C3CC4C(OC(=O)C42)C3OC(=O)C23CC4CC(C2)C(=O)C(C4)C3)C(C(C)C)CC(S(=O)(=O)O)=C1. The lowest BCUT2D eigenvalue weighted by molar-refractivity contribution is -0.188. The molecule has 0 aromatic heterocycles. The molecule has 0 aromatic rings. The Bertz CT molecular complexity index is 1450. The number of Topliss-reactive ketones (excluding diaryl/α,β-unsaturated/α-hetero) is 1. The Labute approximate surface area is 251 Å². The highest BCUT2D eigenvalue weighted by molar-refractivity contribution is 7.89. The average molecular weight is 617 g/mol. The standard InChI is InChI=1S/C32H40O10S/c1-13(2)19-7-18(43(37,38)39)8-20(14(3)4)26(19)40-29(34)24-22-9-21-23(24)30(35)41-27(21)28(22)42-31(36)32-10-15-5-16(11-32)25(33)17(6-15)12-32/h7,13-17,20-24,27-28H,5-6,8-12H2,1-4H3,(H,37,38,39). The van der Waals surface area contributed by atoms with E-state index in [1.54, 1.807) is 0 Å². The lowest BCUT2D eigenvalue weighted by Crippen LogP contribution is -2.56. The van der Waals surface area contributed by atoms with Crippen molar-refractivity contribution >= 4 is 33.8 Å². The predicted molar refractivity (Wildman–Crippen MR) is 150 cm³/mol. The van der Waals surface area contributed by atoms with Gasteiger partial charge in [0, 0.05) is 29.6 Å². The fourth-order valence-electron chi connectivity index (χ4n) is 10.0. The molecule has 8 aliphatic rings. The normalized spacial score (nSPS) is 42.6. The molecule has 6 saturated carbocycles. The minimum absolute atomic E-state index is 0.00654. The molecule has 11 heteroatoms. The van der Waals surface area contributed by atoms with Crippen LogP contribution in [0.1, 0.15) is 72.6 Å². The third-order valence-corrected chi connectivity index (χ3v) is 12.8. The molecule has 1 N–H and O–H groups in total. The van der Waals surface area contributed by atoms with Crippen molar-refractivity contribution in [3.63, 3.8) is 0 Å². The van der Waals surface area contributed by atoms with E-state index in [9.17, 15) is 32.1 Å². The summed E-state index contributed by atoms with van der Waals surface area (Å²) in [7, 11) is -4.43. The van der Waals surface area contributed by atoms with Gasteiger partial charge in [0.1, 0.15) is 23.8 Å². The first-order valence-electron chi connectivity index (χ1n) is 15.8. The molecular formula is C32H40O10S. The van der Waals surface area contributed by atoms with Gasteiger partial charge in [0.15, 0.2) is 0 Å². The third-order valence-electron chi connectivity index (χ3n) is 11.8. The van der Waals surface area contributed by atoms with Crippen molar-refractivity contribution in [2.45, 2.75) is 84.8 Å². The van der Waals surface area contributed by atoms with Gasteiger partial charge in [-0.15, -0.1) is 0 Å². The maximum Gasteiger partial charge on any atom is 0.315 e. The fraction of sp³-hybridized carbons (Fsp3) is 0.750. The van der Waals surface area contributed by atoms with E-state index in [-0.39, 0.29) is 52.7 Å². The largest absolute Gasteiger partial charge is 0.458 e. The molecule has 43 heavy (non-hydrogen) atoms. The molecular weight excluding hydrogens is 576 g/mol. The molecule has 1 saturated heterocycles. The van der Waals surface area contributed by atoms with E-state index in [1.807, 2.05) is 27.7 Å². The zero-order valence-corrected chi connectivity index (χ0v) is 25.8. The number of hydrogen-bond acceptors (Lipinski definition) is 9. The molecule has 0 amide bonds. The van der Waals surface area contributed by atoms with Gasteiger partial charge in [-0.3, -0.25) is 23.7 Å². The molecule has 10 nitrogen and oxygen atoms in total. The van der Waals surface area contributed by atoms with Crippen LogP contribution in [0.2, 0.25) is 0 Å². The number of hydrogen-bond donors (Lipinski definition) is 1. The average Bonchev–Trinajstić information content (AvgIpc) is 3.54. The molecule has 1 aliphatic heterocycles. The van der Waals surface area contributed by atoms with Crippen LogP contribution in [0.4, 0.5) is 0 Å². The smallest absolute Gasteiger partial charge is 0.315 e. The molecule has 6 bridgehead atoms. The first kappa shape index (κ1) is 29.2. The van der Waals surface area contributed by atoms with E-state index in [4.69, 9.17) is 14.2 Å². The van der Waals surface area contributed by atoms with E-state index >= 15 is 0 Å². The van der Waals surface area contributed by atoms with Gasteiger partial charge in [-0.2, -0.15) is 8.42 Å². The number of fused-ring (bicyclic) bond motifs is 1. The van der Waals surface area contributed by atoms with Crippen molar-refractivity contribution in [2.24, 2.45) is 64.6 Å². The molecule has 0 spiro atoms. The topological polar surface area (TPSA) is 150 Å². The summed E-state index contributed by atoms with van der Waals surface area (Å²) in [4.78, 5) is 53.5. The predicted octanol–water partition coefficient (Wildman–Crippen LogP) is 4.00. The van der Waals surface area contributed by atoms with Gasteiger partial charge in [0.2, 0.25) is 0 Å². The first-order chi connectivity index (χ1) is 20.2. The number of carbonyl (C=O) groups is 4. The number of ether oxygens (including phenoxy) is 3. The second-order valence-corrected chi connectivity index (χ2v) is 16.4. The molecule has 0 radical (unpaired) electrons. The maximum absolute atomic E-state index is 14.0. The molecule has 0 aromatic carbocycles. The van der Waals surface area contributed by atoms with Crippen LogP contribution in [-0.4, -0.2) is 48.9 Å². The molecule has 9 unspecified atom stereocenters. The minimum atomic E-state index is -4.43. The Morgan fingerprint density at radius 3 is 2.30 bits per heavy atom. The molecule has 8 rings (SSSR count). The Kier molecular flexibility index (Phi) is 6.61. The summed E-state index contributed by atoms with van der Waals surface area (Å²) in [6, 6.07) is 0. The van der Waals surface area contributed by atoms with Crippen LogP contribution >= 0.6 is 0 Å². The van der Waals surface area contributed by atoms with E-state index in [1.165, 1.54) is 6.08 Å². The van der Waals surface area contributed by atoms with Gasteiger partial charge >= 0.3 is 17.9 Å². The molecule has 7 aliphatic carbocycles. The van der Waals surface area contributed by atoms with Crippen LogP contribution in [-0.2, 0) is 43.5 Å².